The minimum atomic E-state index is -1.31. The molecule has 0 unspecified atom stereocenters. The Balaban J connectivity index is 1.76. The van der Waals surface area contributed by atoms with Crippen molar-refractivity contribution in [2.75, 3.05) is 61.0 Å². The zero-order valence-corrected chi connectivity index (χ0v) is 18.2. The van der Waals surface area contributed by atoms with E-state index in [4.69, 9.17) is 28.4 Å². The molecule has 1 atom stereocenters. The van der Waals surface area contributed by atoms with E-state index in [-0.39, 0.29) is 6.79 Å². The smallest absolute Gasteiger partial charge is 0.231 e. The van der Waals surface area contributed by atoms with E-state index in [0.29, 0.717) is 66.1 Å². The predicted molar refractivity (Wildman–Crippen MR) is 114 cm³/mol. The van der Waals surface area contributed by atoms with Crippen molar-refractivity contribution in [1.29, 1.82) is 0 Å². The van der Waals surface area contributed by atoms with Gasteiger partial charge in [-0.15, -0.1) is 0 Å². The maximum atomic E-state index is 12.1. The summed E-state index contributed by atoms with van der Waals surface area (Å²) in [5.74, 6) is 2.75. The highest BCUT2D eigenvalue weighted by Crippen LogP contribution is 2.45. The highest BCUT2D eigenvalue weighted by molar-refractivity contribution is 5.57. The number of hydrogen-bond acceptors (Lipinski definition) is 8. The number of methoxy groups -OCH3 is 3. The summed E-state index contributed by atoms with van der Waals surface area (Å²) in [4.78, 5) is 2.29. The van der Waals surface area contributed by atoms with E-state index in [2.05, 4.69) is 4.90 Å². The van der Waals surface area contributed by atoms with Crippen LogP contribution in [0.15, 0.2) is 30.3 Å². The summed E-state index contributed by atoms with van der Waals surface area (Å²) < 4.78 is 33.0. The molecule has 2 aromatic rings. The normalized spacial score (nSPS) is 17.8. The van der Waals surface area contributed by atoms with Crippen LogP contribution in [0.5, 0.6) is 28.7 Å². The molecule has 0 aromatic heterocycles. The van der Waals surface area contributed by atoms with Crippen molar-refractivity contribution >= 4 is 0 Å². The van der Waals surface area contributed by atoms with Crippen LogP contribution in [0.2, 0.25) is 0 Å². The molecule has 1 saturated heterocycles. The first kappa shape index (κ1) is 21.5. The molecule has 8 nitrogen and oxygen atoms in total. The molecule has 0 aliphatic carbocycles. The summed E-state index contributed by atoms with van der Waals surface area (Å²) >= 11 is 0. The molecule has 1 fully saturated rings. The molecule has 0 spiro atoms. The molecule has 168 valence electrons. The monoisotopic (exact) mass is 431 g/mol. The highest BCUT2D eigenvalue weighted by Gasteiger charge is 2.35. The van der Waals surface area contributed by atoms with Gasteiger partial charge in [0.1, 0.15) is 5.60 Å². The van der Waals surface area contributed by atoms with Crippen molar-refractivity contribution in [3.8, 4) is 28.7 Å². The molecule has 4 rings (SSSR count). The molecular formula is C23H29NO7. The fraction of sp³-hybridized carbons (Fsp3) is 0.478. The Hall–Kier alpha value is -2.68. The zero-order chi connectivity index (χ0) is 21.8. The fourth-order valence-electron chi connectivity index (χ4n) is 4.07. The van der Waals surface area contributed by atoms with Gasteiger partial charge in [0.15, 0.2) is 23.0 Å². The van der Waals surface area contributed by atoms with Crippen LogP contribution in [0.1, 0.15) is 17.5 Å². The molecular weight excluding hydrogens is 402 g/mol. The maximum absolute atomic E-state index is 12.1. The van der Waals surface area contributed by atoms with Gasteiger partial charge in [0.25, 0.3) is 0 Å². The Morgan fingerprint density at radius 3 is 2.23 bits per heavy atom. The minimum absolute atomic E-state index is 0.176. The zero-order valence-electron chi connectivity index (χ0n) is 18.2. The van der Waals surface area contributed by atoms with Gasteiger partial charge in [0.05, 0.1) is 34.5 Å². The largest absolute Gasteiger partial charge is 0.493 e. The lowest BCUT2D eigenvalue weighted by molar-refractivity contribution is 0.0141. The average molecular weight is 431 g/mol. The third-order valence-corrected chi connectivity index (χ3v) is 5.89. The van der Waals surface area contributed by atoms with E-state index in [0.717, 1.165) is 13.1 Å². The topological polar surface area (TPSA) is 78.9 Å². The van der Waals surface area contributed by atoms with Crippen LogP contribution in [-0.2, 0) is 10.3 Å². The summed E-state index contributed by atoms with van der Waals surface area (Å²) in [5, 5.41) is 12.1. The molecule has 0 radical (unpaired) electrons. The average Bonchev–Trinajstić information content (AvgIpc) is 3.30. The first-order valence-electron chi connectivity index (χ1n) is 10.3. The molecule has 2 aromatic carbocycles. The van der Waals surface area contributed by atoms with Gasteiger partial charge in [0.2, 0.25) is 12.5 Å². The van der Waals surface area contributed by atoms with Gasteiger partial charge < -0.3 is 33.5 Å². The van der Waals surface area contributed by atoms with E-state index < -0.39 is 5.60 Å². The molecule has 2 aliphatic rings. The Morgan fingerprint density at radius 1 is 0.903 bits per heavy atom. The summed E-state index contributed by atoms with van der Waals surface area (Å²) in [7, 11) is 4.69. The van der Waals surface area contributed by atoms with Crippen molar-refractivity contribution in [2.45, 2.75) is 12.0 Å². The van der Waals surface area contributed by atoms with Gasteiger partial charge >= 0.3 is 0 Å². The van der Waals surface area contributed by atoms with E-state index in [1.54, 1.807) is 33.5 Å². The molecule has 31 heavy (non-hydrogen) atoms. The Morgan fingerprint density at radius 2 is 1.58 bits per heavy atom. The van der Waals surface area contributed by atoms with Crippen molar-refractivity contribution in [3.63, 3.8) is 0 Å². The van der Waals surface area contributed by atoms with Crippen LogP contribution in [0.3, 0.4) is 0 Å². The van der Waals surface area contributed by atoms with Crippen LogP contribution in [0.25, 0.3) is 0 Å². The molecule has 0 amide bonds. The number of morpholine rings is 1. The second-order valence-electron chi connectivity index (χ2n) is 7.55. The first-order chi connectivity index (χ1) is 15.1. The Kier molecular flexibility index (Phi) is 6.41. The van der Waals surface area contributed by atoms with Crippen LogP contribution in [-0.4, -0.2) is 71.0 Å². The number of ether oxygens (including phenoxy) is 6. The molecule has 1 N–H and O–H groups in total. The van der Waals surface area contributed by atoms with E-state index in [1.165, 1.54) is 0 Å². The first-order valence-corrected chi connectivity index (χ1v) is 10.3. The second kappa shape index (κ2) is 9.21. The highest BCUT2D eigenvalue weighted by atomic mass is 16.7. The predicted octanol–water partition coefficient (Wildman–Crippen LogP) is 2.40. The minimum Gasteiger partial charge on any atom is -0.493 e. The summed E-state index contributed by atoms with van der Waals surface area (Å²) in [6.07, 6.45) is 0.464. The molecule has 2 heterocycles. The number of hydrogen-bond donors (Lipinski definition) is 1. The third-order valence-electron chi connectivity index (χ3n) is 5.89. The van der Waals surface area contributed by atoms with E-state index in [1.807, 2.05) is 18.2 Å². The molecule has 8 heteroatoms. The summed E-state index contributed by atoms with van der Waals surface area (Å²) in [6.45, 7) is 3.96. The van der Waals surface area contributed by atoms with Gasteiger partial charge in [-0.2, -0.15) is 0 Å². The number of benzene rings is 2. The lowest BCUT2D eigenvalue weighted by Crippen LogP contribution is -2.40. The van der Waals surface area contributed by atoms with Crippen LogP contribution >= 0.6 is 0 Å². The lowest BCUT2D eigenvalue weighted by Gasteiger charge is -2.34. The second-order valence-corrected chi connectivity index (χ2v) is 7.55. The van der Waals surface area contributed by atoms with Crippen LogP contribution in [0, 0.1) is 0 Å². The number of rotatable bonds is 8. The number of aliphatic hydroxyl groups is 1. The Bertz CT molecular complexity index is 888. The van der Waals surface area contributed by atoms with Gasteiger partial charge in [-0.25, -0.2) is 0 Å². The van der Waals surface area contributed by atoms with Crippen molar-refractivity contribution in [1.82, 2.24) is 4.90 Å². The SMILES string of the molecule is COc1cc([C@@](O)(CCN2CCOCC2)c2ccc3c(c2)OCO3)cc(OC)c1OC. The maximum Gasteiger partial charge on any atom is 0.231 e. The molecule has 0 saturated carbocycles. The van der Waals surface area contributed by atoms with Gasteiger partial charge in [0, 0.05) is 19.6 Å². The standard InChI is InChI=1S/C23H29NO7/c1-26-20-13-17(14-21(27-2)22(20)28-3)23(25,6-7-24-8-10-29-11-9-24)16-4-5-18-19(12-16)31-15-30-18/h4-5,12-14,25H,6-11,15H2,1-3H3/t23-/m1/s1. The number of fused-ring (bicyclic) bond motifs is 1. The quantitative estimate of drug-likeness (QED) is 0.683. The van der Waals surface area contributed by atoms with Crippen molar-refractivity contribution in [2.24, 2.45) is 0 Å². The van der Waals surface area contributed by atoms with Crippen LogP contribution in [0.4, 0.5) is 0 Å². The van der Waals surface area contributed by atoms with Crippen molar-refractivity contribution < 1.29 is 33.5 Å². The third kappa shape index (κ3) is 4.23. The Labute approximate surface area is 182 Å². The number of nitrogens with zero attached hydrogens (tertiary/aromatic N) is 1. The molecule has 2 aliphatic heterocycles. The molecule has 0 bridgehead atoms. The lowest BCUT2D eigenvalue weighted by atomic mass is 9.82. The van der Waals surface area contributed by atoms with Crippen LogP contribution < -0.4 is 23.7 Å². The summed E-state index contributed by atoms with van der Waals surface area (Å²) in [6, 6.07) is 9.13. The van der Waals surface area contributed by atoms with Gasteiger partial charge in [-0.3, -0.25) is 4.90 Å². The van der Waals surface area contributed by atoms with Crippen molar-refractivity contribution in [3.05, 3.63) is 41.5 Å². The summed E-state index contributed by atoms with van der Waals surface area (Å²) in [5.41, 5.74) is 0.0416. The van der Waals surface area contributed by atoms with E-state index in [9.17, 15) is 5.11 Å². The fourth-order valence-corrected chi connectivity index (χ4v) is 4.07. The van der Waals surface area contributed by atoms with E-state index >= 15 is 0 Å². The van der Waals surface area contributed by atoms with Gasteiger partial charge in [-0.1, -0.05) is 6.07 Å². The van der Waals surface area contributed by atoms with Gasteiger partial charge in [-0.05, 0) is 41.8 Å².